The molecule has 5 nitrogen and oxygen atoms in total. The number of aromatic nitrogens is 2. The molecule has 1 aliphatic carbocycles. The molecule has 0 atom stereocenters. The fourth-order valence-electron chi connectivity index (χ4n) is 3.25. The number of likely N-dealkylation sites (N-methyl/N-ethyl adjacent to an activating group) is 1. The van der Waals surface area contributed by atoms with Gasteiger partial charge >= 0.3 is 0 Å². The van der Waals surface area contributed by atoms with Crippen molar-refractivity contribution < 1.29 is 5.11 Å². The lowest BCUT2D eigenvalue weighted by Gasteiger charge is -2.29. The van der Waals surface area contributed by atoms with Gasteiger partial charge in [-0.3, -0.25) is 4.90 Å². The van der Waals surface area contributed by atoms with E-state index >= 15 is 0 Å². The molecule has 1 heterocycles. The van der Waals surface area contributed by atoms with Crippen LogP contribution in [0, 0.1) is 23.7 Å². The van der Waals surface area contributed by atoms with Gasteiger partial charge in [0.25, 0.3) is 0 Å². The van der Waals surface area contributed by atoms with E-state index in [1.54, 1.807) is 12.4 Å². The Morgan fingerprint density at radius 3 is 2.52 bits per heavy atom. The molecule has 25 heavy (non-hydrogen) atoms. The van der Waals surface area contributed by atoms with Gasteiger partial charge in [-0.05, 0) is 54.1 Å². The summed E-state index contributed by atoms with van der Waals surface area (Å²) >= 11 is 3.37. The first-order chi connectivity index (χ1) is 12.1. The first-order valence-electron chi connectivity index (χ1n) is 9.12. The van der Waals surface area contributed by atoms with Crippen LogP contribution in [0.2, 0.25) is 0 Å². The molecule has 0 aromatic carbocycles. The third-order valence-electron chi connectivity index (χ3n) is 4.80. The van der Waals surface area contributed by atoms with Gasteiger partial charge in [-0.15, -0.1) is 0 Å². The van der Waals surface area contributed by atoms with E-state index in [4.69, 9.17) is 5.11 Å². The molecule has 138 valence electrons. The van der Waals surface area contributed by atoms with Crippen LogP contribution >= 0.6 is 15.9 Å². The number of rotatable bonds is 7. The second-order valence-corrected chi connectivity index (χ2v) is 7.63. The van der Waals surface area contributed by atoms with Crippen LogP contribution in [0.25, 0.3) is 0 Å². The maximum atomic E-state index is 9.01. The van der Waals surface area contributed by atoms with Crippen LogP contribution in [-0.2, 0) is 0 Å². The summed E-state index contributed by atoms with van der Waals surface area (Å²) in [6.45, 7) is 5.72. The van der Waals surface area contributed by atoms with E-state index in [1.807, 2.05) is 0 Å². The second-order valence-electron chi connectivity index (χ2n) is 6.71. The fourth-order valence-corrected chi connectivity index (χ4v) is 3.46. The van der Waals surface area contributed by atoms with Crippen molar-refractivity contribution in [3.8, 4) is 11.8 Å². The van der Waals surface area contributed by atoms with Crippen molar-refractivity contribution in [3.05, 3.63) is 16.9 Å². The highest BCUT2D eigenvalue weighted by atomic mass is 79.9. The molecular formula is C19H29BrN4O. The van der Waals surface area contributed by atoms with Gasteiger partial charge in [0.1, 0.15) is 0 Å². The van der Waals surface area contributed by atoms with Gasteiger partial charge in [-0.25, -0.2) is 9.97 Å². The zero-order chi connectivity index (χ0) is 18.1. The summed E-state index contributed by atoms with van der Waals surface area (Å²) in [5.41, 5.74) is 0. The summed E-state index contributed by atoms with van der Waals surface area (Å²) in [6.07, 6.45) is 8.38. The van der Waals surface area contributed by atoms with Gasteiger partial charge in [-0.1, -0.05) is 18.8 Å². The number of halogens is 1. The number of hydrogen-bond acceptors (Lipinski definition) is 5. The van der Waals surface area contributed by atoms with Crippen LogP contribution in [0.1, 0.15) is 32.6 Å². The normalized spacial score (nSPS) is 20.2. The highest BCUT2D eigenvalue weighted by Crippen LogP contribution is 2.29. The maximum absolute atomic E-state index is 9.01. The molecule has 1 aromatic rings. The van der Waals surface area contributed by atoms with Gasteiger partial charge in [-0.2, -0.15) is 0 Å². The molecule has 0 aliphatic heterocycles. The van der Waals surface area contributed by atoms with Crippen LogP contribution in [-0.4, -0.2) is 59.8 Å². The Morgan fingerprint density at radius 1 is 1.24 bits per heavy atom. The quantitative estimate of drug-likeness (QED) is 0.702. The molecule has 0 unspecified atom stereocenters. The molecule has 0 amide bonds. The van der Waals surface area contributed by atoms with Crippen molar-refractivity contribution in [2.45, 2.75) is 32.6 Å². The molecule has 0 spiro atoms. The molecule has 1 aliphatic rings. The van der Waals surface area contributed by atoms with Crippen LogP contribution in [0.3, 0.4) is 0 Å². The molecule has 1 saturated carbocycles. The molecule has 1 fully saturated rings. The van der Waals surface area contributed by atoms with Crippen molar-refractivity contribution in [1.29, 1.82) is 0 Å². The lowest BCUT2D eigenvalue weighted by atomic mass is 9.82. The molecular weight excluding hydrogens is 380 g/mol. The predicted octanol–water partition coefficient (Wildman–Crippen LogP) is 2.80. The Kier molecular flexibility index (Phi) is 8.66. The van der Waals surface area contributed by atoms with Crippen molar-refractivity contribution in [2.24, 2.45) is 11.8 Å². The molecule has 2 rings (SSSR count). The zero-order valence-electron chi connectivity index (χ0n) is 15.3. The second kappa shape index (κ2) is 10.7. The topological polar surface area (TPSA) is 52.5 Å². The monoisotopic (exact) mass is 408 g/mol. The van der Waals surface area contributed by atoms with Crippen LogP contribution in [0.15, 0.2) is 16.9 Å². The van der Waals surface area contributed by atoms with E-state index in [0.29, 0.717) is 18.4 Å². The first-order valence-corrected chi connectivity index (χ1v) is 9.92. The van der Waals surface area contributed by atoms with Gasteiger partial charge in [0.05, 0.1) is 17.6 Å². The highest BCUT2D eigenvalue weighted by molar-refractivity contribution is 9.10. The summed E-state index contributed by atoms with van der Waals surface area (Å²) in [6, 6.07) is 0. The smallest absolute Gasteiger partial charge is 0.225 e. The Hall–Kier alpha value is -1.16. The molecule has 0 saturated heterocycles. The lowest BCUT2D eigenvalue weighted by Crippen LogP contribution is -2.29. The standard InChI is InChI=1S/C19H29BrN4O/c1-3-24(11-12-25)10-4-5-16-6-8-17(9-7-16)15-23(2)19-21-13-18(20)14-22-19/h13-14,16-17,25H,3,6-12,15H2,1-2H3/t16-,17-. The Balaban J connectivity index is 1.73. The lowest BCUT2D eigenvalue weighted by molar-refractivity contribution is 0.216. The molecule has 0 bridgehead atoms. The van der Waals surface area contributed by atoms with E-state index in [-0.39, 0.29) is 6.61 Å². The maximum Gasteiger partial charge on any atom is 0.225 e. The summed E-state index contributed by atoms with van der Waals surface area (Å²) in [7, 11) is 2.07. The third kappa shape index (κ3) is 6.93. The number of anilines is 1. The summed E-state index contributed by atoms with van der Waals surface area (Å²) in [5.74, 6) is 8.75. The molecule has 6 heteroatoms. The van der Waals surface area contributed by atoms with Crippen molar-refractivity contribution in [2.75, 3.05) is 44.7 Å². The van der Waals surface area contributed by atoms with E-state index < -0.39 is 0 Å². The van der Waals surface area contributed by atoms with Gasteiger partial charge < -0.3 is 10.0 Å². The van der Waals surface area contributed by atoms with Gasteiger partial charge in [0, 0.05) is 38.4 Å². The molecule has 1 aromatic heterocycles. The molecule has 0 radical (unpaired) electrons. The SMILES string of the molecule is CCN(CC#C[C@H]1CC[C@H](CN(C)c2ncc(Br)cn2)CC1)CCO. The van der Waals surface area contributed by atoms with E-state index in [0.717, 1.165) is 30.1 Å². The minimum Gasteiger partial charge on any atom is -0.395 e. The summed E-state index contributed by atoms with van der Waals surface area (Å²) < 4.78 is 0.907. The minimum absolute atomic E-state index is 0.205. The van der Waals surface area contributed by atoms with Crippen molar-refractivity contribution >= 4 is 21.9 Å². The average Bonchev–Trinajstić information content (AvgIpc) is 2.63. The van der Waals surface area contributed by atoms with Crippen LogP contribution < -0.4 is 4.90 Å². The van der Waals surface area contributed by atoms with E-state index in [9.17, 15) is 0 Å². The van der Waals surface area contributed by atoms with Gasteiger partial charge in [0.15, 0.2) is 0 Å². The van der Waals surface area contributed by atoms with Crippen LogP contribution in [0.4, 0.5) is 5.95 Å². The highest BCUT2D eigenvalue weighted by Gasteiger charge is 2.21. The minimum atomic E-state index is 0.205. The third-order valence-corrected chi connectivity index (χ3v) is 5.21. The number of nitrogens with zero attached hydrogens (tertiary/aromatic N) is 4. The number of aliphatic hydroxyl groups excluding tert-OH is 1. The van der Waals surface area contributed by atoms with Gasteiger partial charge in [0.2, 0.25) is 5.95 Å². The number of hydrogen-bond donors (Lipinski definition) is 1. The predicted molar refractivity (Wildman–Crippen MR) is 105 cm³/mol. The summed E-state index contributed by atoms with van der Waals surface area (Å²) in [5, 5.41) is 9.01. The van der Waals surface area contributed by atoms with E-state index in [1.165, 1.54) is 25.7 Å². The zero-order valence-corrected chi connectivity index (χ0v) is 16.9. The Morgan fingerprint density at radius 2 is 1.92 bits per heavy atom. The average molecular weight is 409 g/mol. The summed E-state index contributed by atoms with van der Waals surface area (Å²) in [4.78, 5) is 13.0. The largest absolute Gasteiger partial charge is 0.395 e. The Labute approximate surface area is 160 Å². The van der Waals surface area contributed by atoms with Crippen molar-refractivity contribution in [3.63, 3.8) is 0 Å². The fraction of sp³-hybridized carbons (Fsp3) is 0.684. The van der Waals surface area contributed by atoms with E-state index in [2.05, 4.69) is 61.5 Å². The van der Waals surface area contributed by atoms with Crippen molar-refractivity contribution in [1.82, 2.24) is 14.9 Å². The molecule has 1 N–H and O–H groups in total. The van der Waals surface area contributed by atoms with Crippen LogP contribution in [0.5, 0.6) is 0 Å². The number of aliphatic hydroxyl groups is 1. The Bertz CT molecular complexity index is 561. The first kappa shape index (κ1) is 20.2.